The molecule has 0 radical (unpaired) electrons. The number of fused-ring (bicyclic) bond motifs is 1. The maximum atomic E-state index is 15.3. The van der Waals surface area contributed by atoms with E-state index in [1.165, 1.54) is 6.07 Å². The molecule has 0 aromatic heterocycles. The van der Waals surface area contributed by atoms with Gasteiger partial charge in [-0.1, -0.05) is 73.5 Å². The Hall–Kier alpha value is -3.67. The van der Waals surface area contributed by atoms with Crippen molar-refractivity contribution in [1.29, 1.82) is 0 Å². The van der Waals surface area contributed by atoms with Gasteiger partial charge in [-0.2, -0.15) is 0 Å². The van der Waals surface area contributed by atoms with Crippen molar-refractivity contribution in [2.45, 2.75) is 63.3 Å². The van der Waals surface area contributed by atoms with Crippen molar-refractivity contribution in [3.63, 3.8) is 0 Å². The second kappa shape index (κ2) is 12.7. The molecule has 2 aliphatic rings. The standard InChI is InChI=1S/C34H39FN2O3/c1-2-36-22-12-13-23-37(33(39)34(20-10-11-21-34)29-17-7-8-18-30(29)35)27(24-26-14-4-3-5-15-26)25-40-31-19-9-6-16-28(31)32(36)38/h3-9,14-19,27H,2,10-13,20-25H2,1H3/t27-/m1/s1. The molecule has 6 heteroatoms. The van der Waals surface area contributed by atoms with Crippen molar-refractivity contribution in [3.8, 4) is 5.75 Å². The minimum atomic E-state index is -0.874. The predicted octanol–water partition coefficient (Wildman–Crippen LogP) is 6.41. The Balaban J connectivity index is 1.55. The SMILES string of the molecule is CCN1CCCCN(C(=O)C2(c3ccccc3F)CCCC2)[C@H](Cc2ccccc2)COc2ccccc2C1=O. The Morgan fingerprint density at radius 3 is 2.33 bits per heavy atom. The van der Waals surface area contributed by atoms with Crippen LogP contribution in [0.2, 0.25) is 0 Å². The average molecular weight is 543 g/mol. The smallest absolute Gasteiger partial charge is 0.257 e. The summed E-state index contributed by atoms with van der Waals surface area (Å²) in [6.45, 7) is 3.96. The number of hydrogen-bond donors (Lipinski definition) is 0. The van der Waals surface area contributed by atoms with E-state index in [0.29, 0.717) is 55.8 Å². The van der Waals surface area contributed by atoms with Gasteiger partial charge < -0.3 is 14.5 Å². The van der Waals surface area contributed by atoms with Gasteiger partial charge in [0.15, 0.2) is 0 Å². The first-order valence-electron chi connectivity index (χ1n) is 14.6. The summed E-state index contributed by atoms with van der Waals surface area (Å²) in [5.41, 5.74) is 1.28. The molecule has 3 aromatic carbocycles. The third-order valence-corrected chi connectivity index (χ3v) is 8.57. The third-order valence-electron chi connectivity index (χ3n) is 8.57. The zero-order valence-corrected chi connectivity index (χ0v) is 23.4. The summed E-state index contributed by atoms with van der Waals surface area (Å²) in [6, 6.07) is 24.0. The Morgan fingerprint density at radius 1 is 0.900 bits per heavy atom. The Labute approximate surface area is 236 Å². The molecule has 1 atom stereocenters. The van der Waals surface area contributed by atoms with Crippen LogP contribution in [0.1, 0.15) is 66.9 Å². The lowest BCUT2D eigenvalue weighted by Crippen LogP contribution is -2.53. The molecule has 3 aromatic rings. The van der Waals surface area contributed by atoms with E-state index in [4.69, 9.17) is 4.74 Å². The van der Waals surface area contributed by atoms with Crippen molar-refractivity contribution in [2.75, 3.05) is 26.2 Å². The number of carbonyl (C=O) groups excluding carboxylic acids is 2. The van der Waals surface area contributed by atoms with Crippen LogP contribution in [-0.2, 0) is 16.6 Å². The number of hydrogen-bond acceptors (Lipinski definition) is 3. The molecule has 1 aliphatic carbocycles. The summed E-state index contributed by atoms with van der Waals surface area (Å²) < 4.78 is 21.7. The monoisotopic (exact) mass is 542 g/mol. The molecule has 0 spiro atoms. The molecule has 0 saturated heterocycles. The van der Waals surface area contributed by atoms with Gasteiger partial charge >= 0.3 is 0 Å². The summed E-state index contributed by atoms with van der Waals surface area (Å²) in [5, 5.41) is 0. The number of carbonyl (C=O) groups is 2. The third kappa shape index (κ3) is 5.77. The van der Waals surface area contributed by atoms with Crippen LogP contribution in [0.5, 0.6) is 5.75 Å². The number of amides is 2. The van der Waals surface area contributed by atoms with Gasteiger partial charge in [0, 0.05) is 25.2 Å². The first kappa shape index (κ1) is 27.9. The zero-order chi connectivity index (χ0) is 28.0. The van der Waals surface area contributed by atoms with Crippen LogP contribution in [-0.4, -0.2) is 53.9 Å². The molecule has 2 amide bonds. The molecule has 1 heterocycles. The topological polar surface area (TPSA) is 49.9 Å². The van der Waals surface area contributed by atoms with Gasteiger partial charge in [-0.15, -0.1) is 0 Å². The summed E-state index contributed by atoms with van der Waals surface area (Å²) in [6.07, 6.45) is 5.21. The molecule has 0 bridgehead atoms. The van der Waals surface area contributed by atoms with Gasteiger partial charge in [-0.25, -0.2) is 4.39 Å². The summed E-state index contributed by atoms with van der Waals surface area (Å²) in [5.74, 6) is 0.180. The van der Waals surface area contributed by atoms with Crippen LogP contribution in [0.3, 0.4) is 0 Å². The lowest BCUT2D eigenvalue weighted by atomic mass is 9.76. The number of nitrogens with zero attached hydrogens (tertiary/aromatic N) is 2. The highest BCUT2D eigenvalue weighted by molar-refractivity contribution is 5.97. The summed E-state index contributed by atoms with van der Waals surface area (Å²) >= 11 is 0. The Kier molecular flexibility index (Phi) is 8.83. The number of rotatable bonds is 5. The summed E-state index contributed by atoms with van der Waals surface area (Å²) in [4.78, 5) is 32.0. The normalized spacial score (nSPS) is 19.8. The minimum absolute atomic E-state index is 0.00611. The van der Waals surface area contributed by atoms with Gasteiger partial charge in [0.1, 0.15) is 18.2 Å². The molecular formula is C34H39FN2O3. The highest BCUT2D eigenvalue weighted by Crippen LogP contribution is 2.44. The molecule has 0 unspecified atom stereocenters. The molecule has 5 rings (SSSR count). The zero-order valence-electron chi connectivity index (χ0n) is 23.4. The van der Waals surface area contributed by atoms with Gasteiger partial charge in [-0.05, 0) is 62.8 Å². The maximum Gasteiger partial charge on any atom is 0.257 e. The van der Waals surface area contributed by atoms with Crippen LogP contribution in [0.4, 0.5) is 4.39 Å². The van der Waals surface area contributed by atoms with Crippen molar-refractivity contribution < 1.29 is 18.7 Å². The van der Waals surface area contributed by atoms with Gasteiger partial charge in [-0.3, -0.25) is 9.59 Å². The second-order valence-corrected chi connectivity index (χ2v) is 11.0. The molecule has 5 nitrogen and oxygen atoms in total. The van der Waals surface area contributed by atoms with Gasteiger partial charge in [0.25, 0.3) is 5.91 Å². The molecule has 210 valence electrons. The number of benzene rings is 3. The lowest BCUT2D eigenvalue weighted by Gasteiger charge is -2.40. The van der Waals surface area contributed by atoms with Crippen molar-refractivity contribution in [1.82, 2.24) is 9.80 Å². The molecular weight excluding hydrogens is 503 g/mol. The van der Waals surface area contributed by atoms with E-state index in [-0.39, 0.29) is 30.3 Å². The van der Waals surface area contributed by atoms with Crippen molar-refractivity contribution >= 4 is 11.8 Å². The molecule has 1 aliphatic heterocycles. The van der Waals surface area contributed by atoms with Crippen LogP contribution in [0, 0.1) is 5.82 Å². The number of para-hydroxylation sites is 1. The summed E-state index contributed by atoms with van der Waals surface area (Å²) in [7, 11) is 0. The van der Waals surface area contributed by atoms with Gasteiger partial charge in [0.2, 0.25) is 5.91 Å². The van der Waals surface area contributed by atoms with Gasteiger partial charge in [0.05, 0.1) is 17.0 Å². The van der Waals surface area contributed by atoms with Crippen molar-refractivity contribution in [3.05, 3.63) is 101 Å². The van der Waals surface area contributed by atoms with Crippen LogP contribution in [0.15, 0.2) is 78.9 Å². The molecule has 0 N–H and O–H groups in total. The molecule has 1 saturated carbocycles. The first-order chi connectivity index (χ1) is 19.5. The lowest BCUT2D eigenvalue weighted by molar-refractivity contribution is -0.140. The van der Waals surface area contributed by atoms with E-state index in [9.17, 15) is 9.59 Å². The maximum absolute atomic E-state index is 15.3. The molecule has 40 heavy (non-hydrogen) atoms. The van der Waals surface area contributed by atoms with E-state index in [1.807, 2.05) is 65.3 Å². The molecule has 1 fully saturated rings. The van der Waals surface area contributed by atoms with E-state index < -0.39 is 5.41 Å². The van der Waals surface area contributed by atoms with Crippen molar-refractivity contribution in [2.24, 2.45) is 0 Å². The number of ether oxygens (including phenoxy) is 1. The van der Waals surface area contributed by atoms with Crippen LogP contribution < -0.4 is 4.74 Å². The van der Waals surface area contributed by atoms with E-state index in [1.54, 1.807) is 12.1 Å². The number of halogens is 1. The minimum Gasteiger partial charge on any atom is -0.491 e. The average Bonchev–Trinajstić information content (AvgIpc) is 3.48. The predicted molar refractivity (Wildman–Crippen MR) is 155 cm³/mol. The Morgan fingerprint density at radius 2 is 1.57 bits per heavy atom. The fraction of sp³-hybridized carbons (Fsp3) is 0.412. The van der Waals surface area contributed by atoms with Crippen LogP contribution >= 0.6 is 0 Å². The van der Waals surface area contributed by atoms with E-state index >= 15 is 4.39 Å². The van der Waals surface area contributed by atoms with E-state index in [2.05, 4.69) is 12.1 Å². The highest BCUT2D eigenvalue weighted by atomic mass is 19.1. The fourth-order valence-corrected chi connectivity index (χ4v) is 6.41. The second-order valence-electron chi connectivity index (χ2n) is 11.0. The quantitative estimate of drug-likeness (QED) is 0.374. The first-order valence-corrected chi connectivity index (χ1v) is 14.6. The fourth-order valence-electron chi connectivity index (χ4n) is 6.41. The Bertz CT molecular complexity index is 1310. The highest BCUT2D eigenvalue weighted by Gasteiger charge is 2.47. The largest absolute Gasteiger partial charge is 0.491 e. The van der Waals surface area contributed by atoms with E-state index in [0.717, 1.165) is 31.2 Å². The van der Waals surface area contributed by atoms with Crippen LogP contribution in [0.25, 0.3) is 0 Å².